The lowest BCUT2D eigenvalue weighted by Gasteiger charge is -2.35. The zero-order valence-corrected chi connectivity index (χ0v) is 11.2. The lowest BCUT2D eigenvalue weighted by molar-refractivity contribution is -0.121. The summed E-state index contributed by atoms with van der Waals surface area (Å²) in [5, 5.41) is 2.89. The molecule has 92 valence electrons. The topological polar surface area (TPSA) is 41.6 Å². The summed E-state index contributed by atoms with van der Waals surface area (Å²) in [7, 11) is 0. The number of carbonyl (C=O) groups excluding carboxylic acids is 1. The highest BCUT2D eigenvalue weighted by Crippen LogP contribution is 2.22. The fourth-order valence-corrected chi connectivity index (χ4v) is 2.53. The SMILES string of the molecule is CC(Br)C(=O)NCC1CN2CCCC2CO1. The van der Waals surface area contributed by atoms with E-state index in [1.165, 1.54) is 19.4 Å². The Labute approximate surface area is 105 Å². The van der Waals surface area contributed by atoms with Crippen LogP contribution in [0.1, 0.15) is 19.8 Å². The number of morpholine rings is 1. The average molecular weight is 291 g/mol. The van der Waals surface area contributed by atoms with Gasteiger partial charge in [-0.05, 0) is 26.3 Å². The fraction of sp³-hybridized carbons (Fsp3) is 0.909. The van der Waals surface area contributed by atoms with Crippen molar-refractivity contribution in [3.63, 3.8) is 0 Å². The normalized spacial score (nSPS) is 32.1. The highest BCUT2D eigenvalue weighted by Gasteiger charge is 2.32. The van der Waals surface area contributed by atoms with Crippen LogP contribution in [0.4, 0.5) is 0 Å². The number of hydrogen-bond donors (Lipinski definition) is 1. The van der Waals surface area contributed by atoms with Gasteiger partial charge in [0.25, 0.3) is 0 Å². The minimum Gasteiger partial charge on any atom is -0.373 e. The average Bonchev–Trinajstić information content (AvgIpc) is 2.72. The molecular weight excluding hydrogens is 272 g/mol. The molecule has 2 saturated heterocycles. The van der Waals surface area contributed by atoms with Gasteiger partial charge in [0.15, 0.2) is 0 Å². The quantitative estimate of drug-likeness (QED) is 0.780. The lowest BCUT2D eigenvalue weighted by atomic mass is 10.2. The molecule has 0 aromatic rings. The maximum absolute atomic E-state index is 11.4. The number of hydrogen-bond acceptors (Lipinski definition) is 3. The number of amides is 1. The molecule has 0 radical (unpaired) electrons. The van der Waals surface area contributed by atoms with E-state index in [1.807, 2.05) is 6.92 Å². The van der Waals surface area contributed by atoms with Gasteiger partial charge in [0, 0.05) is 19.1 Å². The first kappa shape index (κ1) is 12.3. The summed E-state index contributed by atoms with van der Waals surface area (Å²) in [6.45, 7) is 5.42. The molecule has 4 nitrogen and oxygen atoms in total. The zero-order chi connectivity index (χ0) is 11.5. The van der Waals surface area contributed by atoms with Crippen molar-refractivity contribution in [2.45, 2.75) is 36.7 Å². The Hall–Kier alpha value is -0.130. The number of rotatable bonds is 3. The van der Waals surface area contributed by atoms with Crippen LogP contribution in [-0.2, 0) is 9.53 Å². The van der Waals surface area contributed by atoms with Crippen molar-refractivity contribution in [3.8, 4) is 0 Å². The molecule has 0 spiro atoms. The molecule has 2 rings (SSSR count). The molecule has 2 aliphatic rings. The van der Waals surface area contributed by atoms with Crippen molar-refractivity contribution in [1.82, 2.24) is 10.2 Å². The molecule has 2 heterocycles. The molecule has 1 amide bonds. The summed E-state index contributed by atoms with van der Waals surface area (Å²) >= 11 is 3.25. The highest BCUT2D eigenvalue weighted by atomic mass is 79.9. The van der Waals surface area contributed by atoms with E-state index in [0.717, 1.165) is 13.2 Å². The number of halogens is 1. The van der Waals surface area contributed by atoms with E-state index in [-0.39, 0.29) is 16.8 Å². The van der Waals surface area contributed by atoms with E-state index < -0.39 is 0 Å². The van der Waals surface area contributed by atoms with Gasteiger partial charge in [-0.25, -0.2) is 0 Å². The Kier molecular flexibility index (Phi) is 4.21. The third kappa shape index (κ3) is 2.96. The van der Waals surface area contributed by atoms with E-state index in [4.69, 9.17) is 4.74 Å². The number of ether oxygens (including phenoxy) is 1. The fourth-order valence-electron chi connectivity index (χ4n) is 2.36. The first-order valence-corrected chi connectivity index (χ1v) is 6.86. The van der Waals surface area contributed by atoms with Crippen LogP contribution in [0.2, 0.25) is 0 Å². The number of alkyl halides is 1. The second-order valence-electron chi connectivity index (χ2n) is 4.61. The predicted molar refractivity (Wildman–Crippen MR) is 65.7 cm³/mol. The molecular formula is C11H19BrN2O2. The van der Waals surface area contributed by atoms with Gasteiger partial charge in [-0.3, -0.25) is 9.69 Å². The Morgan fingerprint density at radius 1 is 1.69 bits per heavy atom. The molecule has 16 heavy (non-hydrogen) atoms. The third-order valence-corrected chi connectivity index (χ3v) is 3.74. The Balaban J connectivity index is 1.73. The second kappa shape index (κ2) is 5.47. The summed E-state index contributed by atoms with van der Waals surface area (Å²) in [5.41, 5.74) is 0. The maximum atomic E-state index is 11.4. The van der Waals surface area contributed by atoms with Crippen LogP contribution in [0, 0.1) is 0 Å². The van der Waals surface area contributed by atoms with Gasteiger partial charge in [0.2, 0.25) is 5.91 Å². The van der Waals surface area contributed by atoms with E-state index in [2.05, 4.69) is 26.1 Å². The Morgan fingerprint density at radius 3 is 3.25 bits per heavy atom. The number of nitrogens with one attached hydrogen (secondary N) is 1. The summed E-state index contributed by atoms with van der Waals surface area (Å²) in [4.78, 5) is 13.7. The van der Waals surface area contributed by atoms with Gasteiger partial charge >= 0.3 is 0 Å². The minimum absolute atomic E-state index is 0.0344. The molecule has 0 saturated carbocycles. The van der Waals surface area contributed by atoms with Gasteiger partial charge in [-0.2, -0.15) is 0 Å². The van der Waals surface area contributed by atoms with E-state index >= 15 is 0 Å². The van der Waals surface area contributed by atoms with Gasteiger partial charge in [0.05, 0.1) is 17.5 Å². The maximum Gasteiger partial charge on any atom is 0.233 e. The second-order valence-corrected chi connectivity index (χ2v) is 5.98. The smallest absolute Gasteiger partial charge is 0.233 e. The van der Waals surface area contributed by atoms with Crippen molar-refractivity contribution in [2.75, 3.05) is 26.2 Å². The van der Waals surface area contributed by atoms with Gasteiger partial charge < -0.3 is 10.1 Å². The first-order chi connectivity index (χ1) is 7.66. The van der Waals surface area contributed by atoms with Crippen LogP contribution in [0.5, 0.6) is 0 Å². The largest absolute Gasteiger partial charge is 0.373 e. The van der Waals surface area contributed by atoms with E-state index in [0.29, 0.717) is 12.6 Å². The molecule has 3 unspecified atom stereocenters. The van der Waals surface area contributed by atoms with Crippen LogP contribution in [0.15, 0.2) is 0 Å². The molecule has 0 aromatic heterocycles. The summed E-state index contributed by atoms with van der Waals surface area (Å²) in [6, 6.07) is 0.627. The van der Waals surface area contributed by atoms with Crippen LogP contribution < -0.4 is 5.32 Å². The molecule has 2 aliphatic heterocycles. The minimum atomic E-state index is -0.129. The monoisotopic (exact) mass is 290 g/mol. The van der Waals surface area contributed by atoms with Crippen molar-refractivity contribution in [2.24, 2.45) is 0 Å². The molecule has 0 aliphatic carbocycles. The van der Waals surface area contributed by atoms with Crippen LogP contribution in [0.3, 0.4) is 0 Å². The molecule has 2 fully saturated rings. The number of fused-ring (bicyclic) bond motifs is 1. The van der Waals surface area contributed by atoms with E-state index in [9.17, 15) is 4.79 Å². The first-order valence-electron chi connectivity index (χ1n) is 5.94. The molecule has 0 bridgehead atoms. The molecule has 0 aromatic carbocycles. The van der Waals surface area contributed by atoms with Gasteiger partial charge in [-0.15, -0.1) is 0 Å². The van der Waals surface area contributed by atoms with Crippen molar-refractivity contribution in [3.05, 3.63) is 0 Å². The highest BCUT2D eigenvalue weighted by molar-refractivity contribution is 9.10. The standard InChI is InChI=1S/C11H19BrN2O2/c1-8(12)11(15)13-5-10-6-14-4-2-3-9(14)7-16-10/h8-10H,2-7H2,1H3,(H,13,15). The number of carbonyl (C=O) groups is 1. The van der Waals surface area contributed by atoms with Crippen molar-refractivity contribution < 1.29 is 9.53 Å². The van der Waals surface area contributed by atoms with Crippen LogP contribution >= 0.6 is 15.9 Å². The van der Waals surface area contributed by atoms with Gasteiger partial charge in [-0.1, -0.05) is 15.9 Å². The van der Waals surface area contributed by atoms with Crippen LogP contribution in [0.25, 0.3) is 0 Å². The zero-order valence-electron chi connectivity index (χ0n) is 9.62. The van der Waals surface area contributed by atoms with Gasteiger partial charge in [0.1, 0.15) is 0 Å². The molecule has 5 heteroatoms. The summed E-state index contributed by atoms with van der Waals surface area (Å²) in [6.07, 6.45) is 2.70. The Morgan fingerprint density at radius 2 is 2.50 bits per heavy atom. The van der Waals surface area contributed by atoms with Crippen LogP contribution in [-0.4, -0.2) is 54.0 Å². The Bertz CT molecular complexity index is 260. The molecule has 1 N–H and O–H groups in total. The third-order valence-electron chi connectivity index (χ3n) is 3.33. The van der Waals surface area contributed by atoms with E-state index in [1.54, 1.807) is 0 Å². The summed E-state index contributed by atoms with van der Waals surface area (Å²) < 4.78 is 5.75. The van der Waals surface area contributed by atoms with Crippen molar-refractivity contribution in [1.29, 1.82) is 0 Å². The number of nitrogens with zero attached hydrogens (tertiary/aromatic N) is 1. The molecule has 3 atom stereocenters. The summed E-state index contributed by atoms with van der Waals surface area (Å²) in [5.74, 6) is 0.0344. The van der Waals surface area contributed by atoms with Crippen molar-refractivity contribution >= 4 is 21.8 Å². The predicted octanol–water partition coefficient (Wildman–Crippen LogP) is 0.749. The lowest BCUT2D eigenvalue weighted by Crippen LogP contribution is -2.50.